The second-order valence-electron chi connectivity index (χ2n) is 30.3. The lowest BCUT2D eigenvalue weighted by Gasteiger charge is -2.58. The first-order valence-electron chi connectivity index (χ1n) is 34.3. The molecule has 3 saturated heterocycles. The molecule has 28 heteroatoms. The molecule has 2 spiro atoms. The summed E-state index contributed by atoms with van der Waals surface area (Å²) < 4.78 is 57.9. The van der Waals surface area contributed by atoms with Crippen LogP contribution in [0.5, 0.6) is 0 Å². The van der Waals surface area contributed by atoms with Gasteiger partial charge in [-0.2, -0.15) is 28.8 Å². The van der Waals surface area contributed by atoms with Crippen molar-refractivity contribution in [3.8, 4) is 33.8 Å². The number of benzene rings is 1. The van der Waals surface area contributed by atoms with E-state index in [0.29, 0.717) is 32.0 Å². The summed E-state index contributed by atoms with van der Waals surface area (Å²) in [5.41, 5.74) is 15.0. The number of rotatable bonds is 8. The molecule has 2 saturated carbocycles. The monoisotopic (exact) mass is 1660 g/mol. The molecule has 2 amide bonds. The molecule has 11 heterocycles. The number of amides is 2. The Morgan fingerprint density at radius 1 is 0.583 bits per heavy atom. The van der Waals surface area contributed by atoms with Gasteiger partial charge in [0, 0.05) is 124 Å². The summed E-state index contributed by atoms with van der Waals surface area (Å²) in [5, 5.41) is 25.9. The number of nitrogens with one attached hydrogen (secondary N) is 3. The lowest BCUT2D eigenvalue weighted by atomic mass is 9.61. The molecule has 14 rings (SSSR count). The summed E-state index contributed by atoms with van der Waals surface area (Å²) in [5.74, 6) is 0. The fraction of sp³-hybridized carbons (Fsp3) is 0.467. The second-order valence-corrected chi connectivity index (χ2v) is 34.6. The lowest BCUT2D eigenvalue weighted by molar-refractivity contribution is -0.115. The molecule has 103 heavy (non-hydrogen) atoms. The molecule has 5 aliphatic rings. The number of hydrogen-bond donors (Lipinski definition) is 3. The Hall–Kier alpha value is -7.22. The van der Waals surface area contributed by atoms with Crippen molar-refractivity contribution in [2.24, 2.45) is 10.8 Å². The van der Waals surface area contributed by atoms with Crippen LogP contribution >= 0.6 is 54.5 Å². The molecule has 1 aromatic carbocycles. The normalized spacial score (nSPS) is 17.3. The van der Waals surface area contributed by atoms with Crippen LogP contribution in [0.15, 0.2) is 124 Å². The van der Waals surface area contributed by atoms with E-state index in [1.54, 1.807) is 54.0 Å². The van der Waals surface area contributed by atoms with Gasteiger partial charge in [-0.15, -0.1) is 0 Å². The van der Waals surface area contributed by atoms with Crippen molar-refractivity contribution in [2.75, 3.05) is 26.2 Å². The number of halogens is 3. The molecule has 5 fully saturated rings. The van der Waals surface area contributed by atoms with Gasteiger partial charge < -0.3 is 28.6 Å². The molecular formula is C75H96BBr2IN14O9S. The van der Waals surface area contributed by atoms with E-state index >= 15 is 0 Å². The number of nitrogens with zero attached hydrogens (tertiary/aromatic N) is 11. The van der Waals surface area contributed by atoms with Crippen molar-refractivity contribution in [3.05, 3.63) is 173 Å². The molecule has 2 aliphatic carbocycles. The Balaban J connectivity index is 0.000000150. The van der Waals surface area contributed by atoms with Crippen LogP contribution in [-0.4, -0.2) is 153 Å². The van der Waals surface area contributed by atoms with Crippen molar-refractivity contribution in [1.82, 2.24) is 70.1 Å². The van der Waals surface area contributed by atoms with E-state index in [0.717, 1.165) is 129 Å². The number of aromatic nitrogens is 12. The third-order valence-electron chi connectivity index (χ3n) is 18.7. The van der Waals surface area contributed by atoms with Gasteiger partial charge in [-0.3, -0.25) is 44.1 Å². The van der Waals surface area contributed by atoms with Gasteiger partial charge in [-0.1, -0.05) is 23.8 Å². The molecule has 9 aromatic rings. The van der Waals surface area contributed by atoms with Crippen molar-refractivity contribution in [2.45, 2.75) is 197 Å². The summed E-state index contributed by atoms with van der Waals surface area (Å²) in [6, 6.07) is 26.8. The van der Waals surface area contributed by atoms with Gasteiger partial charge in [0.25, 0.3) is 10.1 Å². The molecular weight excluding hydrogens is 1570 g/mol. The predicted octanol–water partition coefficient (Wildman–Crippen LogP) is 15.9. The largest absolute Gasteiger partial charge is 0.496 e. The average Bonchev–Trinajstić information content (AvgIpc) is 1.71. The van der Waals surface area contributed by atoms with Gasteiger partial charge in [0.1, 0.15) is 26.3 Å². The minimum Gasteiger partial charge on any atom is -0.444 e. The summed E-state index contributed by atoms with van der Waals surface area (Å²) in [4.78, 5) is 44.9. The van der Waals surface area contributed by atoms with Crippen molar-refractivity contribution in [3.63, 3.8) is 0 Å². The van der Waals surface area contributed by atoms with Crippen LogP contribution in [0, 0.1) is 76.8 Å². The Bertz CT molecular complexity index is 4510. The van der Waals surface area contributed by atoms with E-state index < -0.39 is 21.3 Å². The Labute approximate surface area is 636 Å². The summed E-state index contributed by atoms with van der Waals surface area (Å²) >= 11 is 9.39. The van der Waals surface area contributed by atoms with E-state index in [2.05, 4.69) is 150 Å². The minimum absolute atomic E-state index is 0.00956. The highest BCUT2D eigenvalue weighted by molar-refractivity contribution is 14.1. The topological polar surface area (TPSA) is 276 Å². The number of likely N-dealkylation sites (tertiary alicyclic amines) is 2. The Morgan fingerprint density at radius 2 is 1.04 bits per heavy atom. The van der Waals surface area contributed by atoms with E-state index in [-0.39, 0.29) is 52.3 Å². The van der Waals surface area contributed by atoms with Gasteiger partial charge in [-0.05, 0) is 278 Å². The molecule has 0 radical (unpaired) electrons. The fourth-order valence-electron chi connectivity index (χ4n) is 12.5. The third kappa shape index (κ3) is 20.0. The first kappa shape index (κ1) is 79.9. The zero-order valence-corrected chi connectivity index (χ0v) is 68.6. The molecule has 0 atom stereocenters. The van der Waals surface area contributed by atoms with Gasteiger partial charge in [-0.25, -0.2) is 9.59 Å². The summed E-state index contributed by atoms with van der Waals surface area (Å²) in [7, 11) is -4.04. The van der Waals surface area contributed by atoms with Crippen molar-refractivity contribution >= 4 is 89.3 Å². The van der Waals surface area contributed by atoms with Crippen molar-refractivity contribution in [1.29, 1.82) is 0 Å². The maximum absolute atomic E-state index is 12.3. The first-order chi connectivity index (χ1) is 48.2. The predicted molar refractivity (Wildman–Crippen MR) is 415 cm³/mol. The van der Waals surface area contributed by atoms with Gasteiger partial charge >= 0.3 is 19.3 Å². The SMILES string of the molecule is Cc1cc(-c2cccnc2C)n[nH]1.Cc1cc(I)n[nH]1.Cc1ccc(S(=O)(=O)OC2CC3(C2)CN(C(=O)OC(C)(C)C)C3)cc1.Cc1ncccc1-c1n[nH]c(C)c1Br.Cc1ncccc1-c1nn(C2CC3(C2)CN(C(=O)OC(C)(C)C)C3)c(C)c1Br.Cc1ncccc1B1OC(C)(C)C(C)(C)O1. The van der Waals surface area contributed by atoms with Crippen molar-refractivity contribution < 1.29 is 41.0 Å². The number of aryl methyl sites for hydroxylation is 8. The highest BCUT2D eigenvalue weighted by Crippen LogP contribution is 2.55. The second kappa shape index (κ2) is 32.2. The molecule has 550 valence electrons. The van der Waals surface area contributed by atoms with E-state index in [9.17, 15) is 18.0 Å². The number of aromatic amines is 3. The molecule has 3 aliphatic heterocycles. The van der Waals surface area contributed by atoms with Gasteiger partial charge in [0.05, 0.1) is 48.6 Å². The molecule has 0 bridgehead atoms. The van der Waals surface area contributed by atoms with Crippen LogP contribution in [0.2, 0.25) is 0 Å². The van der Waals surface area contributed by atoms with E-state index in [1.165, 1.54) is 0 Å². The summed E-state index contributed by atoms with van der Waals surface area (Å²) in [6.45, 7) is 40.1. The zero-order chi connectivity index (χ0) is 75.4. The van der Waals surface area contributed by atoms with E-state index in [4.69, 9.17) is 28.1 Å². The summed E-state index contributed by atoms with van der Waals surface area (Å²) in [6.07, 6.45) is 9.73. The zero-order valence-electron chi connectivity index (χ0n) is 62.4. The van der Waals surface area contributed by atoms with Gasteiger partial charge in [0.15, 0.2) is 0 Å². The van der Waals surface area contributed by atoms with E-state index in [1.807, 2.05) is 156 Å². The number of carbonyl (C=O) groups is 2. The molecule has 23 nitrogen and oxygen atoms in total. The number of H-pyrrole nitrogens is 3. The Morgan fingerprint density at radius 3 is 1.46 bits per heavy atom. The first-order valence-corrected chi connectivity index (χ1v) is 38.4. The van der Waals surface area contributed by atoms with Crippen LogP contribution in [0.25, 0.3) is 33.8 Å². The smallest absolute Gasteiger partial charge is 0.444 e. The highest BCUT2D eigenvalue weighted by atomic mass is 127. The van der Waals surface area contributed by atoms with Crippen LogP contribution < -0.4 is 5.46 Å². The Kier molecular flexibility index (Phi) is 25.0. The maximum atomic E-state index is 12.3. The molecule has 0 unspecified atom stereocenters. The quantitative estimate of drug-likeness (QED) is 0.0724. The van der Waals surface area contributed by atoms with Gasteiger partial charge in [0.2, 0.25) is 0 Å². The number of carbonyl (C=O) groups excluding carboxylic acids is 2. The lowest BCUT2D eigenvalue weighted by Crippen LogP contribution is -2.65. The van der Waals surface area contributed by atoms with Crippen LogP contribution in [-0.2, 0) is 33.1 Å². The number of ether oxygens (including phenoxy) is 2. The standard InChI is InChI=1S/C21H27BrN4O2.C18H25NO5S.C12H18BNO2.C10H10BrN3.C10H11N3.C4H5IN2/c1-13-16(7-6-8-23-13)18-17(22)14(2)26(24-18)15-9-21(10-15)11-25(12-21)19(27)28-20(3,4)5;1-13-5-7-15(8-6-13)25(21,22)24-14-9-18(10-14)11-19(12-18)16(20)23-17(2,3)4;1-9-10(7-6-8-14-9)13-15-11(2,3)12(4,5)16-13;1-6-8(4-3-5-12-6)10-9(11)7(2)13-14-10;1-7-6-10(13-12-7)9-4-3-5-11-8(9)2;1-3-2-4(5)7-6-3/h6-8,15H,9-12H2,1-5H3;5-8,14H,9-12H2,1-4H3;6-8H,1-5H3;3-5H,1-2H3,(H,13,14);3-6H,1-2H3,(H,12,13);2H,1H3,(H,6,7). The maximum Gasteiger partial charge on any atom is 0.496 e. The number of hydrogen-bond acceptors (Lipinski definition) is 17. The minimum atomic E-state index is -3.73. The van der Waals surface area contributed by atoms with Crippen LogP contribution in [0.3, 0.4) is 0 Å². The number of pyridine rings is 4. The fourth-order valence-corrected chi connectivity index (χ4v) is 15.0. The van der Waals surface area contributed by atoms with Crippen LogP contribution in [0.1, 0.15) is 152 Å². The molecule has 3 N–H and O–H groups in total. The van der Waals surface area contributed by atoms with Crippen LogP contribution in [0.4, 0.5) is 9.59 Å². The third-order valence-corrected chi connectivity index (χ3v) is 22.5. The molecule has 8 aromatic heterocycles. The average molecular weight is 1670 g/mol. The highest BCUT2D eigenvalue weighted by Gasteiger charge is 2.57.